The van der Waals surface area contributed by atoms with Crippen LogP contribution in [0.4, 0.5) is 0 Å². The van der Waals surface area contributed by atoms with Gasteiger partial charge in [0, 0.05) is 63.8 Å². The highest BCUT2D eigenvalue weighted by Gasteiger charge is 2.47. The zero-order chi connectivity index (χ0) is 63.8. The molecule has 31 nitrogen and oxygen atoms in total. The summed E-state index contributed by atoms with van der Waals surface area (Å²) in [6.07, 6.45) is -17.1. The molecule has 0 bridgehead atoms. The minimum absolute atomic E-state index is 0.00525. The fraction of sp³-hybridized carbons (Fsp3) is 0.943. The number of hydrogen-bond acceptors (Lipinski definition) is 26. The van der Waals surface area contributed by atoms with Crippen molar-refractivity contribution in [3.05, 3.63) is 0 Å². The van der Waals surface area contributed by atoms with Crippen LogP contribution in [0.5, 0.6) is 0 Å². The first-order valence-corrected chi connectivity index (χ1v) is 32.6. The molecule has 6 rings (SSSR count). The molecule has 6 aliphatic rings. The highest BCUT2D eigenvalue weighted by Crippen LogP contribution is 2.50. The Bertz CT molecular complexity index is 2160. The molecule has 0 aromatic carbocycles. The molecule has 6 aliphatic heterocycles. The van der Waals surface area contributed by atoms with Crippen molar-refractivity contribution in [1.29, 1.82) is 0 Å². The number of amides is 3. The van der Waals surface area contributed by atoms with Gasteiger partial charge in [-0.1, -0.05) is 41.5 Å². The number of phosphoric acid groups is 2. The van der Waals surface area contributed by atoms with Gasteiger partial charge in [-0.15, -0.1) is 0 Å². The smallest absolute Gasteiger partial charge is 0.394 e. The van der Waals surface area contributed by atoms with E-state index < -0.39 is 188 Å². The molecular weight excluding hydrogens is 1190 g/mol. The van der Waals surface area contributed by atoms with Gasteiger partial charge < -0.3 is 109 Å². The molecule has 502 valence electrons. The summed E-state index contributed by atoms with van der Waals surface area (Å²) in [7, 11) is -8.55. The lowest BCUT2D eigenvalue weighted by atomic mass is 9.92. The summed E-state index contributed by atoms with van der Waals surface area (Å²) in [5, 5.41) is 101. The van der Waals surface area contributed by atoms with Crippen LogP contribution in [-0.2, 0) is 74.8 Å². The Labute approximate surface area is 501 Å². The number of ether oxygens (including phenoxy) is 7. The Morgan fingerprint density at radius 1 is 0.500 bits per heavy atom. The molecule has 3 amide bonds. The summed E-state index contributed by atoms with van der Waals surface area (Å²) in [4.78, 5) is 66.7. The molecule has 86 heavy (non-hydrogen) atoms. The van der Waals surface area contributed by atoms with Gasteiger partial charge >= 0.3 is 15.6 Å². The van der Waals surface area contributed by atoms with Crippen molar-refractivity contribution in [1.82, 2.24) is 14.7 Å². The summed E-state index contributed by atoms with van der Waals surface area (Å²) in [5.41, 5.74) is 0. The first kappa shape index (κ1) is 74.7. The highest BCUT2D eigenvalue weighted by atomic mass is 31.2. The van der Waals surface area contributed by atoms with Gasteiger partial charge in [-0.05, 0) is 44.4 Å². The first-order valence-electron chi connectivity index (χ1n) is 29.6. The number of aliphatic hydroxyl groups is 10. The quantitative estimate of drug-likeness (QED) is 0.0275. The Kier molecular flexibility index (Phi) is 30.5. The molecule has 6 saturated heterocycles. The molecule has 0 aromatic rings. The van der Waals surface area contributed by atoms with E-state index in [1.807, 2.05) is 0 Å². The predicted octanol–water partition coefficient (Wildman–Crippen LogP) is -1.92. The van der Waals surface area contributed by atoms with Crippen LogP contribution in [0.3, 0.4) is 0 Å². The Morgan fingerprint density at radius 2 is 0.802 bits per heavy atom. The van der Waals surface area contributed by atoms with Gasteiger partial charge in [-0.3, -0.25) is 32.5 Å². The minimum Gasteiger partial charge on any atom is -0.394 e. The van der Waals surface area contributed by atoms with Gasteiger partial charge in [0.2, 0.25) is 17.7 Å². The van der Waals surface area contributed by atoms with E-state index >= 15 is 0 Å². The van der Waals surface area contributed by atoms with E-state index in [-0.39, 0.29) is 110 Å². The maximum Gasteiger partial charge on any atom is 0.472 e. The van der Waals surface area contributed by atoms with E-state index in [0.29, 0.717) is 0 Å². The molecular formula is C53H97N3O28P2. The van der Waals surface area contributed by atoms with Crippen LogP contribution in [-0.4, -0.2) is 290 Å². The third-order valence-electron chi connectivity index (χ3n) is 15.9. The molecule has 0 saturated carbocycles. The van der Waals surface area contributed by atoms with Crippen LogP contribution in [0.25, 0.3) is 0 Å². The number of rotatable bonds is 30. The summed E-state index contributed by atoms with van der Waals surface area (Å²) in [6.45, 7) is 7.81. The number of β-amino-alcohol motifs (C(OH)–C–C–N with tert-alkyl or cyclic N) is 1. The lowest BCUT2D eigenvalue weighted by Crippen LogP contribution is -2.55. The van der Waals surface area contributed by atoms with Crippen molar-refractivity contribution in [2.24, 2.45) is 23.7 Å². The third-order valence-corrected chi connectivity index (χ3v) is 18.0. The van der Waals surface area contributed by atoms with Crippen LogP contribution in [0.2, 0.25) is 0 Å². The summed E-state index contributed by atoms with van der Waals surface area (Å²) in [5.74, 6) is -2.50. The van der Waals surface area contributed by atoms with E-state index in [9.17, 15) is 84.4 Å². The van der Waals surface area contributed by atoms with E-state index in [0.717, 1.165) is 5.92 Å². The topological polar surface area (TPSA) is 439 Å². The van der Waals surface area contributed by atoms with Crippen molar-refractivity contribution in [2.75, 3.05) is 86.2 Å². The van der Waals surface area contributed by atoms with Crippen LogP contribution in [0.15, 0.2) is 0 Å². The molecule has 0 aromatic heterocycles. The maximum atomic E-state index is 13.9. The number of carbonyl (C=O) groups excluding carboxylic acids is 3. The Balaban J connectivity index is 0.00000327. The standard InChI is InChI=1S/C49H87N3O28P2.C4H10/c1-26-41(60)44(63)35(20-53)76-47(26)71-11-5-8-38(57)50-17-32(56)14-29(50)24-74-81(66,67)80-34-16-31(52(19-34)40(59)10-7-13-73-49-28(3)43(62)46(65)37(22-55)78-49)25-75-82(68,69)79-33-15-30(23-70-4)51(18-33)39(58)9-6-12-72-48-27(2)42(61)45(64)36(21-54)77-48;1-4(2)3/h26-37,41-49,53-56,60-65H,5-25H2,1-4H3,(H,66,67)(H,68,69);4H,1-3H3/t26?,27?,28?,29-,30-,31-,32+,33+,34+,35?,36?,37?,41+,42+,43+,44-,45-,46-,47+,48+,49+;/m0./s1. The maximum absolute atomic E-state index is 13.9. The molecule has 33 heteroatoms. The summed E-state index contributed by atoms with van der Waals surface area (Å²) >= 11 is 0. The van der Waals surface area contributed by atoms with Crippen LogP contribution in [0, 0.1) is 23.7 Å². The lowest BCUT2D eigenvalue weighted by Gasteiger charge is -2.40. The van der Waals surface area contributed by atoms with Crippen molar-refractivity contribution in [2.45, 2.75) is 210 Å². The number of nitrogens with zero attached hydrogens (tertiary/aromatic N) is 3. The van der Waals surface area contributed by atoms with E-state index in [1.165, 1.54) is 21.8 Å². The predicted molar refractivity (Wildman–Crippen MR) is 296 cm³/mol. The average Bonchev–Trinajstić information content (AvgIpc) is 3.35. The number of likely N-dealkylation sites (tertiary alicyclic amines) is 3. The Morgan fingerprint density at radius 3 is 1.12 bits per heavy atom. The molecule has 8 unspecified atom stereocenters. The fourth-order valence-electron chi connectivity index (χ4n) is 11.1. The van der Waals surface area contributed by atoms with Crippen LogP contribution >= 0.6 is 15.6 Å². The van der Waals surface area contributed by atoms with Gasteiger partial charge in [-0.25, -0.2) is 9.13 Å². The molecule has 0 spiro atoms. The highest BCUT2D eigenvalue weighted by molar-refractivity contribution is 7.47. The summed E-state index contributed by atoms with van der Waals surface area (Å²) < 4.78 is 88.4. The molecule has 12 N–H and O–H groups in total. The van der Waals surface area contributed by atoms with Gasteiger partial charge in [0.25, 0.3) is 0 Å². The van der Waals surface area contributed by atoms with E-state index in [2.05, 4.69) is 20.8 Å². The van der Waals surface area contributed by atoms with E-state index in [4.69, 9.17) is 51.3 Å². The second-order valence-corrected chi connectivity index (χ2v) is 26.6. The number of methoxy groups -OCH3 is 1. The van der Waals surface area contributed by atoms with Crippen molar-refractivity contribution >= 4 is 33.4 Å². The molecule has 23 atom stereocenters. The molecule has 0 aliphatic carbocycles. The molecule has 0 radical (unpaired) electrons. The number of hydrogen-bond donors (Lipinski definition) is 12. The number of carbonyl (C=O) groups is 3. The zero-order valence-electron chi connectivity index (χ0n) is 50.2. The average molecular weight is 1290 g/mol. The van der Waals surface area contributed by atoms with Crippen LogP contribution < -0.4 is 0 Å². The monoisotopic (exact) mass is 1290 g/mol. The second kappa shape index (κ2) is 35.1. The SMILES string of the molecule is CC(C)C.COC[C@@H]1C[C@@H](OP(=O)(O)OC[C@@H]2C[C@@H](OP(=O)(O)OC[C@@H]3C[C@@H](O)CN3C(=O)CCCO[C@@H]3OC(CO)[C@H](O)[C@H](O)C3C)CN2C(=O)CCCO[C@@H]2OC(CO)[C@H](O)[C@H](O)C2C)CN1C(=O)CCCO[C@@H]1OC(CO)[C@H](O)[C@H](O)C1C. The normalized spacial score (nSPS) is 37.3. The molecule has 6 fully saturated rings. The minimum atomic E-state index is -5.00. The summed E-state index contributed by atoms with van der Waals surface area (Å²) in [6, 6.07) is -2.48. The van der Waals surface area contributed by atoms with Crippen molar-refractivity contribution in [3.63, 3.8) is 0 Å². The van der Waals surface area contributed by atoms with Gasteiger partial charge in [0.1, 0.15) is 36.6 Å². The van der Waals surface area contributed by atoms with Gasteiger partial charge in [0.05, 0.1) is 114 Å². The van der Waals surface area contributed by atoms with Crippen molar-refractivity contribution in [3.8, 4) is 0 Å². The first-order chi connectivity index (χ1) is 40.5. The number of aliphatic hydroxyl groups excluding tert-OH is 10. The Hall–Kier alpha value is -2.05. The second-order valence-electron chi connectivity index (χ2n) is 23.8. The van der Waals surface area contributed by atoms with E-state index in [1.54, 1.807) is 20.8 Å². The lowest BCUT2D eigenvalue weighted by molar-refractivity contribution is -0.282. The number of phosphoric ester groups is 2. The van der Waals surface area contributed by atoms with Crippen LogP contribution in [0.1, 0.15) is 99.3 Å². The third kappa shape index (κ3) is 21.5. The fourth-order valence-corrected chi connectivity index (χ4v) is 13.0. The molecule has 6 heterocycles. The van der Waals surface area contributed by atoms with Gasteiger partial charge in [0.15, 0.2) is 18.9 Å². The van der Waals surface area contributed by atoms with Gasteiger partial charge in [-0.2, -0.15) is 0 Å². The van der Waals surface area contributed by atoms with Crippen molar-refractivity contribution < 1.29 is 136 Å². The largest absolute Gasteiger partial charge is 0.472 e. The zero-order valence-corrected chi connectivity index (χ0v) is 52.0.